The Kier molecular flexibility index (Phi) is 4.33. The van der Waals surface area contributed by atoms with Gasteiger partial charge in [0.15, 0.2) is 0 Å². The number of aromatic nitrogens is 2. The molecular weight excluding hydrogens is 327 g/mol. The van der Waals surface area contributed by atoms with Gasteiger partial charge < -0.3 is 10.2 Å². The van der Waals surface area contributed by atoms with E-state index in [9.17, 15) is 4.79 Å². The van der Waals surface area contributed by atoms with Gasteiger partial charge in [-0.1, -0.05) is 23.2 Å². The molecule has 8 heteroatoms. The average Bonchev–Trinajstić information content (AvgIpc) is 3.09. The predicted molar refractivity (Wildman–Crippen MR) is 82.3 cm³/mol. The number of hydrogen-bond acceptors (Lipinski definition) is 5. The van der Waals surface area contributed by atoms with Crippen molar-refractivity contribution in [3.05, 3.63) is 34.1 Å². The first kappa shape index (κ1) is 15.3. The Morgan fingerprint density at radius 1 is 1.41 bits per heavy atom. The first-order chi connectivity index (χ1) is 10.5. The highest BCUT2D eigenvalue weighted by Crippen LogP contribution is 2.29. The molecule has 6 nitrogen and oxygen atoms in total. The van der Waals surface area contributed by atoms with Gasteiger partial charge in [-0.15, -0.1) is 10.2 Å². The number of hydrogen-bond donors (Lipinski definition) is 1. The molecule has 22 heavy (non-hydrogen) atoms. The zero-order valence-electron chi connectivity index (χ0n) is 11.6. The van der Waals surface area contributed by atoms with Gasteiger partial charge in [0.2, 0.25) is 17.7 Å². The highest BCUT2D eigenvalue weighted by Gasteiger charge is 2.27. The second-order valence-corrected chi connectivity index (χ2v) is 6.09. The van der Waals surface area contributed by atoms with Crippen molar-refractivity contribution in [2.24, 2.45) is 11.7 Å². The number of amides is 1. The molecule has 0 saturated carbocycles. The van der Waals surface area contributed by atoms with E-state index in [0.717, 1.165) is 13.0 Å². The molecule has 1 amide bonds. The molecule has 0 spiro atoms. The van der Waals surface area contributed by atoms with Crippen LogP contribution in [-0.4, -0.2) is 34.1 Å². The van der Waals surface area contributed by atoms with Crippen LogP contribution in [0.5, 0.6) is 0 Å². The van der Waals surface area contributed by atoms with Gasteiger partial charge in [0.05, 0.1) is 23.0 Å². The van der Waals surface area contributed by atoms with Crippen LogP contribution in [-0.2, 0) is 11.3 Å². The zero-order chi connectivity index (χ0) is 15.7. The Morgan fingerprint density at radius 3 is 2.91 bits per heavy atom. The summed E-state index contributed by atoms with van der Waals surface area (Å²) in [5.41, 5.74) is 5.96. The molecule has 1 aliphatic heterocycles. The van der Waals surface area contributed by atoms with Crippen molar-refractivity contribution < 1.29 is 9.21 Å². The van der Waals surface area contributed by atoms with Crippen molar-refractivity contribution in [1.82, 2.24) is 15.1 Å². The lowest BCUT2D eigenvalue weighted by molar-refractivity contribution is -0.121. The quantitative estimate of drug-likeness (QED) is 0.923. The maximum Gasteiger partial charge on any atom is 0.249 e. The standard InChI is InChI=1S/C14H14Cl2N4O2/c15-9-1-2-10(11(16)5-9)14-19-18-12(22-14)7-20-4-3-8(6-20)13(17)21/h1-2,5,8H,3-4,6-7H2,(H2,17,21)/t8-/m1/s1. The molecule has 0 aliphatic carbocycles. The molecule has 1 atom stereocenters. The highest BCUT2D eigenvalue weighted by molar-refractivity contribution is 6.36. The number of primary amides is 1. The van der Waals surface area contributed by atoms with Crippen LogP contribution in [0.3, 0.4) is 0 Å². The number of benzene rings is 1. The Hall–Kier alpha value is -1.63. The molecule has 1 aromatic heterocycles. The fourth-order valence-corrected chi connectivity index (χ4v) is 2.98. The van der Waals surface area contributed by atoms with E-state index in [1.165, 1.54) is 0 Å². The van der Waals surface area contributed by atoms with Gasteiger partial charge in [-0.3, -0.25) is 9.69 Å². The number of likely N-dealkylation sites (tertiary alicyclic amines) is 1. The number of nitrogens with two attached hydrogens (primary N) is 1. The van der Waals surface area contributed by atoms with Crippen LogP contribution < -0.4 is 5.73 Å². The van der Waals surface area contributed by atoms with Crippen molar-refractivity contribution >= 4 is 29.1 Å². The summed E-state index contributed by atoms with van der Waals surface area (Å²) in [5, 5.41) is 9.03. The summed E-state index contributed by atoms with van der Waals surface area (Å²) in [7, 11) is 0. The Balaban J connectivity index is 1.70. The summed E-state index contributed by atoms with van der Waals surface area (Å²) < 4.78 is 5.64. The highest BCUT2D eigenvalue weighted by atomic mass is 35.5. The van der Waals surface area contributed by atoms with E-state index in [4.69, 9.17) is 33.4 Å². The van der Waals surface area contributed by atoms with E-state index in [-0.39, 0.29) is 11.8 Å². The van der Waals surface area contributed by atoms with Gasteiger partial charge >= 0.3 is 0 Å². The second kappa shape index (κ2) is 6.24. The van der Waals surface area contributed by atoms with Crippen LogP contribution in [0.1, 0.15) is 12.3 Å². The van der Waals surface area contributed by atoms with Crippen molar-refractivity contribution in [1.29, 1.82) is 0 Å². The molecule has 0 radical (unpaired) electrons. The van der Waals surface area contributed by atoms with Crippen LogP contribution in [0, 0.1) is 5.92 Å². The number of carbonyl (C=O) groups excluding carboxylic acids is 1. The summed E-state index contributed by atoms with van der Waals surface area (Å²) in [4.78, 5) is 13.2. The van der Waals surface area contributed by atoms with Crippen LogP contribution in [0.4, 0.5) is 0 Å². The van der Waals surface area contributed by atoms with Crippen molar-refractivity contribution in [3.63, 3.8) is 0 Å². The maximum atomic E-state index is 11.2. The summed E-state index contributed by atoms with van der Waals surface area (Å²) in [6.07, 6.45) is 0.763. The minimum Gasteiger partial charge on any atom is -0.419 e. The molecule has 0 bridgehead atoms. The monoisotopic (exact) mass is 340 g/mol. The van der Waals surface area contributed by atoms with E-state index in [1.807, 2.05) is 0 Å². The normalized spacial score (nSPS) is 18.7. The summed E-state index contributed by atoms with van der Waals surface area (Å²) >= 11 is 12.0. The topological polar surface area (TPSA) is 85.3 Å². The molecule has 116 valence electrons. The minimum absolute atomic E-state index is 0.104. The molecule has 3 rings (SSSR count). The number of rotatable bonds is 4. The molecule has 2 N–H and O–H groups in total. The van der Waals surface area contributed by atoms with E-state index < -0.39 is 0 Å². The number of carbonyl (C=O) groups is 1. The molecular formula is C14H14Cl2N4O2. The van der Waals surface area contributed by atoms with Crippen LogP contribution in [0.15, 0.2) is 22.6 Å². The van der Waals surface area contributed by atoms with Crippen molar-refractivity contribution in [2.75, 3.05) is 13.1 Å². The largest absolute Gasteiger partial charge is 0.419 e. The molecule has 2 heterocycles. The zero-order valence-corrected chi connectivity index (χ0v) is 13.1. The van der Waals surface area contributed by atoms with E-state index in [0.29, 0.717) is 40.5 Å². The van der Waals surface area contributed by atoms with Gasteiger partial charge in [-0.25, -0.2) is 0 Å². The molecule has 0 unspecified atom stereocenters. The van der Waals surface area contributed by atoms with Gasteiger partial charge in [0.25, 0.3) is 0 Å². The Morgan fingerprint density at radius 2 is 2.23 bits per heavy atom. The van der Waals surface area contributed by atoms with E-state index in [1.54, 1.807) is 18.2 Å². The third-order valence-corrected chi connectivity index (χ3v) is 4.21. The predicted octanol–water partition coefficient (Wildman–Crippen LogP) is 2.35. The molecule has 2 aromatic rings. The van der Waals surface area contributed by atoms with Gasteiger partial charge in [0, 0.05) is 11.6 Å². The van der Waals surface area contributed by atoms with E-state index >= 15 is 0 Å². The number of halogens is 2. The fraction of sp³-hybridized carbons (Fsp3) is 0.357. The molecule has 1 fully saturated rings. The fourth-order valence-electron chi connectivity index (χ4n) is 2.49. The van der Waals surface area contributed by atoms with Crippen LogP contribution in [0.25, 0.3) is 11.5 Å². The molecule has 1 saturated heterocycles. The third kappa shape index (κ3) is 3.24. The third-order valence-electron chi connectivity index (χ3n) is 3.66. The van der Waals surface area contributed by atoms with Gasteiger partial charge in [-0.2, -0.15) is 0 Å². The minimum atomic E-state index is -0.262. The second-order valence-electron chi connectivity index (χ2n) is 5.25. The SMILES string of the molecule is NC(=O)[C@@H]1CCN(Cc2nnc(-c3ccc(Cl)cc3Cl)o2)C1. The Bertz CT molecular complexity index is 704. The smallest absolute Gasteiger partial charge is 0.249 e. The van der Waals surface area contributed by atoms with E-state index in [2.05, 4.69) is 15.1 Å². The summed E-state index contributed by atoms with van der Waals surface area (Å²) in [5.74, 6) is 0.461. The lowest BCUT2D eigenvalue weighted by Gasteiger charge is -2.11. The van der Waals surface area contributed by atoms with Gasteiger partial charge in [-0.05, 0) is 31.2 Å². The van der Waals surface area contributed by atoms with Crippen LogP contribution >= 0.6 is 23.2 Å². The van der Waals surface area contributed by atoms with Gasteiger partial charge in [0.1, 0.15) is 0 Å². The lowest BCUT2D eigenvalue weighted by atomic mass is 10.1. The average molecular weight is 341 g/mol. The lowest BCUT2D eigenvalue weighted by Crippen LogP contribution is -2.27. The first-order valence-corrected chi connectivity index (χ1v) is 7.58. The van der Waals surface area contributed by atoms with Crippen molar-refractivity contribution in [3.8, 4) is 11.5 Å². The first-order valence-electron chi connectivity index (χ1n) is 6.82. The summed E-state index contributed by atoms with van der Waals surface area (Å²) in [6, 6.07) is 5.08. The number of nitrogens with zero attached hydrogens (tertiary/aromatic N) is 3. The summed E-state index contributed by atoms with van der Waals surface area (Å²) in [6.45, 7) is 1.89. The van der Waals surface area contributed by atoms with Crippen LogP contribution in [0.2, 0.25) is 10.0 Å². The molecule has 1 aromatic carbocycles. The maximum absolute atomic E-state index is 11.2. The Labute approximate surface area is 137 Å². The molecule has 1 aliphatic rings. The van der Waals surface area contributed by atoms with Crippen molar-refractivity contribution in [2.45, 2.75) is 13.0 Å².